The van der Waals surface area contributed by atoms with Crippen molar-refractivity contribution in [2.45, 2.75) is 32.7 Å². The Hall–Kier alpha value is -1.35. The van der Waals surface area contributed by atoms with E-state index in [4.69, 9.17) is 4.74 Å². The molecule has 0 radical (unpaired) electrons. The number of hydrogen-bond donors (Lipinski definition) is 1. The van der Waals surface area contributed by atoms with Crippen molar-refractivity contribution in [1.29, 1.82) is 0 Å². The van der Waals surface area contributed by atoms with Gasteiger partial charge in [-0.05, 0) is 30.9 Å². The van der Waals surface area contributed by atoms with Crippen molar-refractivity contribution in [2.24, 2.45) is 5.92 Å². The quantitative estimate of drug-likeness (QED) is 0.620. The minimum absolute atomic E-state index is 0.0149. The van der Waals surface area contributed by atoms with Crippen LogP contribution in [-0.2, 0) is 16.1 Å². The molecule has 3 nitrogen and oxygen atoms in total. The maximum Gasteiger partial charge on any atom is 0.308 e. The van der Waals surface area contributed by atoms with Crippen LogP contribution in [-0.4, -0.2) is 19.1 Å². The Morgan fingerprint density at radius 2 is 2.17 bits per heavy atom. The molecule has 0 heterocycles. The molecule has 1 aliphatic rings. The summed E-state index contributed by atoms with van der Waals surface area (Å²) in [5.41, 5.74) is 2.58. The van der Waals surface area contributed by atoms with Crippen molar-refractivity contribution in [3.63, 3.8) is 0 Å². The van der Waals surface area contributed by atoms with Gasteiger partial charge in [-0.15, -0.1) is 0 Å². The van der Waals surface area contributed by atoms with Gasteiger partial charge in [0.2, 0.25) is 0 Å². The lowest BCUT2D eigenvalue weighted by Crippen LogP contribution is -2.27. The summed E-state index contributed by atoms with van der Waals surface area (Å²) in [6.45, 7) is 4.12. The fourth-order valence-electron chi connectivity index (χ4n) is 2.02. The Morgan fingerprint density at radius 1 is 1.39 bits per heavy atom. The first-order valence-corrected chi connectivity index (χ1v) is 6.69. The highest BCUT2D eigenvalue weighted by Gasteiger charge is 2.26. The first kappa shape index (κ1) is 13.1. The molecule has 1 aromatic rings. The van der Waals surface area contributed by atoms with Crippen molar-refractivity contribution >= 4 is 5.97 Å². The maximum absolute atomic E-state index is 11.5. The van der Waals surface area contributed by atoms with Gasteiger partial charge in [-0.25, -0.2) is 0 Å². The van der Waals surface area contributed by atoms with Crippen molar-refractivity contribution in [3.05, 3.63) is 35.4 Å². The van der Waals surface area contributed by atoms with E-state index in [0.29, 0.717) is 13.2 Å². The summed E-state index contributed by atoms with van der Waals surface area (Å²) in [4.78, 5) is 11.5. The molecule has 0 aromatic heterocycles. The highest BCUT2D eigenvalue weighted by molar-refractivity contribution is 5.73. The molecule has 0 spiro atoms. The monoisotopic (exact) mass is 247 g/mol. The van der Waals surface area contributed by atoms with Crippen LogP contribution in [0.25, 0.3) is 0 Å². The molecule has 1 saturated carbocycles. The lowest BCUT2D eigenvalue weighted by atomic mass is 9.86. The fourth-order valence-corrected chi connectivity index (χ4v) is 2.02. The molecule has 0 amide bonds. The van der Waals surface area contributed by atoms with Crippen LogP contribution < -0.4 is 5.32 Å². The van der Waals surface area contributed by atoms with Gasteiger partial charge in [0.25, 0.3) is 0 Å². The molecule has 0 unspecified atom stereocenters. The van der Waals surface area contributed by atoms with Crippen molar-refractivity contribution in [2.75, 3.05) is 13.2 Å². The van der Waals surface area contributed by atoms with Gasteiger partial charge < -0.3 is 10.1 Å². The van der Waals surface area contributed by atoms with Gasteiger partial charge >= 0.3 is 5.97 Å². The molecule has 0 saturated heterocycles. The Morgan fingerprint density at radius 3 is 2.83 bits per heavy atom. The van der Waals surface area contributed by atoms with E-state index in [0.717, 1.165) is 19.4 Å². The third kappa shape index (κ3) is 3.57. The van der Waals surface area contributed by atoms with Crippen molar-refractivity contribution < 1.29 is 9.53 Å². The molecule has 98 valence electrons. The highest BCUT2D eigenvalue weighted by Crippen LogP contribution is 2.27. The zero-order valence-electron chi connectivity index (χ0n) is 10.9. The summed E-state index contributed by atoms with van der Waals surface area (Å²) in [5.74, 6) is 0.167. The molecule has 1 fully saturated rings. The van der Waals surface area contributed by atoms with Crippen LogP contribution in [0.15, 0.2) is 24.3 Å². The van der Waals surface area contributed by atoms with E-state index in [1.807, 2.05) is 12.1 Å². The predicted octanol–water partition coefficient (Wildman–Crippen LogP) is 2.43. The van der Waals surface area contributed by atoms with E-state index >= 15 is 0 Å². The van der Waals surface area contributed by atoms with Crippen LogP contribution in [0.1, 0.15) is 30.4 Å². The number of hydrogen-bond acceptors (Lipinski definition) is 3. The average molecular weight is 247 g/mol. The maximum atomic E-state index is 11.5. The first-order chi connectivity index (χ1) is 8.77. The lowest BCUT2D eigenvalue weighted by molar-refractivity contribution is -0.151. The number of rotatable bonds is 6. The van der Waals surface area contributed by atoms with E-state index < -0.39 is 0 Å². The summed E-state index contributed by atoms with van der Waals surface area (Å²) in [6, 6.07) is 8.30. The second kappa shape index (κ2) is 6.55. The second-order valence-electron chi connectivity index (χ2n) is 4.90. The summed E-state index contributed by atoms with van der Waals surface area (Å²) in [7, 11) is 0. The van der Waals surface area contributed by atoms with E-state index in [-0.39, 0.29) is 11.9 Å². The van der Waals surface area contributed by atoms with Gasteiger partial charge in [-0.3, -0.25) is 4.79 Å². The Bertz CT molecular complexity index is 399. The normalized spacial score (nSPS) is 15.2. The molecule has 1 aliphatic carbocycles. The van der Waals surface area contributed by atoms with E-state index in [1.54, 1.807) is 0 Å². The average Bonchev–Trinajstić information content (AvgIpc) is 2.28. The Balaban J connectivity index is 1.58. The summed E-state index contributed by atoms with van der Waals surface area (Å²) >= 11 is 0. The van der Waals surface area contributed by atoms with Crippen LogP contribution in [0.3, 0.4) is 0 Å². The number of carbonyl (C=O) groups is 1. The molecule has 3 heteroatoms. The molecular formula is C15H21NO2. The molecule has 18 heavy (non-hydrogen) atoms. The topological polar surface area (TPSA) is 38.3 Å². The van der Waals surface area contributed by atoms with Gasteiger partial charge in [0, 0.05) is 13.1 Å². The smallest absolute Gasteiger partial charge is 0.308 e. The number of nitrogens with one attached hydrogen (secondary N) is 1. The standard InChI is InChI=1S/C15H21NO2/c1-12-5-2-3-6-14(12)11-16-9-10-18-15(17)13-7-4-8-13/h2-3,5-6,13,16H,4,7-11H2,1H3. The van der Waals surface area contributed by atoms with E-state index in [1.165, 1.54) is 17.5 Å². The molecular weight excluding hydrogens is 226 g/mol. The fraction of sp³-hybridized carbons (Fsp3) is 0.533. The van der Waals surface area contributed by atoms with Gasteiger partial charge in [0.05, 0.1) is 5.92 Å². The third-order valence-electron chi connectivity index (χ3n) is 3.54. The number of esters is 1. The van der Waals surface area contributed by atoms with Crippen molar-refractivity contribution in [3.8, 4) is 0 Å². The molecule has 0 bridgehead atoms. The Kier molecular flexibility index (Phi) is 4.76. The number of benzene rings is 1. The second-order valence-corrected chi connectivity index (χ2v) is 4.90. The van der Waals surface area contributed by atoms with Crippen LogP contribution in [0.5, 0.6) is 0 Å². The largest absolute Gasteiger partial charge is 0.464 e. The molecule has 0 atom stereocenters. The molecule has 1 N–H and O–H groups in total. The molecule has 1 aromatic carbocycles. The van der Waals surface area contributed by atoms with E-state index in [9.17, 15) is 4.79 Å². The summed E-state index contributed by atoms with van der Waals surface area (Å²) in [5, 5.41) is 3.30. The first-order valence-electron chi connectivity index (χ1n) is 6.69. The Labute approximate surface area is 109 Å². The van der Waals surface area contributed by atoms with Crippen molar-refractivity contribution in [1.82, 2.24) is 5.32 Å². The molecule has 0 aliphatic heterocycles. The van der Waals surface area contributed by atoms with Crippen LogP contribution >= 0.6 is 0 Å². The SMILES string of the molecule is Cc1ccccc1CNCCOC(=O)C1CCC1. The minimum atomic E-state index is -0.0149. The van der Waals surface area contributed by atoms with Gasteiger partial charge in [0.15, 0.2) is 0 Å². The minimum Gasteiger partial charge on any atom is -0.464 e. The predicted molar refractivity (Wildman–Crippen MR) is 71.2 cm³/mol. The van der Waals surface area contributed by atoms with Gasteiger partial charge in [0.1, 0.15) is 6.61 Å². The zero-order valence-corrected chi connectivity index (χ0v) is 10.9. The number of aryl methyl sites for hydroxylation is 1. The van der Waals surface area contributed by atoms with Gasteiger partial charge in [-0.2, -0.15) is 0 Å². The lowest BCUT2D eigenvalue weighted by Gasteiger charge is -2.23. The number of carbonyl (C=O) groups excluding carboxylic acids is 1. The van der Waals surface area contributed by atoms with Crippen LogP contribution in [0.4, 0.5) is 0 Å². The third-order valence-corrected chi connectivity index (χ3v) is 3.54. The number of ether oxygens (including phenoxy) is 1. The highest BCUT2D eigenvalue weighted by atomic mass is 16.5. The summed E-state index contributed by atoms with van der Waals surface area (Å²) < 4.78 is 5.21. The summed E-state index contributed by atoms with van der Waals surface area (Å²) in [6.07, 6.45) is 3.19. The molecule has 2 rings (SSSR count). The van der Waals surface area contributed by atoms with E-state index in [2.05, 4.69) is 24.4 Å². The van der Waals surface area contributed by atoms with Crippen LogP contribution in [0, 0.1) is 12.8 Å². The van der Waals surface area contributed by atoms with Gasteiger partial charge in [-0.1, -0.05) is 30.7 Å². The van der Waals surface area contributed by atoms with Crippen LogP contribution in [0.2, 0.25) is 0 Å². The zero-order chi connectivity index (χ0) is 12.8.